The molecule has 92 valence electrons. The second-order valence-corrected chi connectivity index (χ2v) is 4.45. The Morgan fingerprint density at radius 2 is 1.60 bits per heavy atom. The van der Waals surface area contributed by atoms with Gasteiger partial charge < -0.3 is 5.11 Å². The van der Waals surface area contributed by atoms with Crippen LogP contribution in [0.5, 0.6) is 0 Å². The van der Waals surface area contributed by atoms with Crippen molar-refractivity contribution in [3.8, 4) is 0 Å². The smallest absolute Gasteiger partial charge is 0.392 e. The highest BCUT2D eigenvalue weighted by molar-refractivity contribution is 4.72. The number of hydrogen-bond acceptors (Lipinski definition) is 2. The Hall–Kier alpha value is -0.290. The average Bonchev–Trinajstić information content (AvgIpc) is 1.99. The van der Waals surface area contributed by atoms with Gasteiger partial charge in [0, 0.05) is 12.6 Å². The Balaban J connectivity index is 4.29. The summed E-state index contributed by atoms with van der Waals surface area (Å²) in [6.45, 7) is 6.06. The van der Waals surface area contributed by atoms with Crippen LogP contribution in [-0.4, -0.2) is 41.4 Å². The van der Waals surface area contributed by atoms with E-state index in [1.807, 2.05) is 0 Å². The van der Waals surface area contributed by atoms with Crippen molar-refractivity contribution in [2.24, 2.45) is 5.92 Å². The van der Waals surface area contributed by atoms with E-state index in [9.17, 15) is 18.3 Å². The summed E-state index contributed by atoms with van der Waals surface area (Å²) in [5.41, 5.74) is 0. The maximum Gasteiger partial charge on any atom is 0.401 e. The first-order valence-electron chi connectivity index (χ1n) is 5.12. The highest BCUT2D eigenvalue weighted by Crippen LogP contribution is 2.19. The van der Waals surface area contributed by atoms with E-state index >= 15 is 0 Å². The standard InChI is InChI=1S/C10H20F3NO/c1-7(2)9(15)5-14(8(3)4)6-10(11,12)13/h7-9,15H,5-6H2,1-4H3. The third kappa shape index (κ3) is 6.73. The van der Waals surface area contributed by atoms with Crippen molar-refractivity contribution >= 4 is 0 Å². The van der Waals surface area contributed by atoms with Crippen LogP contribution >= 0.6 is 0 Å². The van der Waals surface area contributed by atoms with E-state index in [0.29, 0.717) is 0 Å². The quantitative estimate of drug-likeness (QED) is 0.779. The Labute approximate surface area is 89.1 Å². The highest BCUT2D eigenvalue weighted by atomic mass is 19.4. The molecule has 0 amide bonds. The molecule has 1 N–H and O–H groups in total. The van der Waals surface area contributed by atoms with Crippen LogP contribution < -0.4 is 0 Å². The first kappa shape index (κ1) is 14.7. The summed E-state index contributed by atoms with van der Waals surface area (Å²) in [7, 11) is 0. The normalized spacial score (nSPS) is 15.4. The zero-order valence-electron chi connectivity index (χ0n) is 9.67. The largest absolute Gasteiger partial charge is 0.401 e. The second-order valence-electron chi connectivity index (χ2n) is 4.45. The van der Waals surface area contributed by atoms with E-state index in [1.54, 1.807) is 27.7 Å². The van der Waals surface area contributed by atoms with Gasteiger partial charge in [-0.1, -0.05) is 13.8 Å². The molecule has 0 aromatic carbocycles. The third-order valence-electron chi connectivity index (χ3n) is 2.30. The minimum absolute atomic E-state index is 0.0283. The molecule has 0 spiro atoms. The van der Waals surface area contributed by atoms with Crippen molar-refractivity contribution in [2.75, 3.05) is 13.1 Å². The molecule has 0 rings (SSSR count). The lowest BCUT2D eigenvalue weighted by Crippen LogP contribution is -2.44. The summed E-state index contributed by atoms with van der Waals surface area (Å²) in [5, 5.41) is 9.53. The SMILES string of the molecule is CC(C)C(O)CN(CC(F)(F)F)C(C)C. The predicted octanol–water partition coefficient (Wildman–Crippen LogP) is 2.28. The van der Waals surface area contributed by atoms with Gasteiger partial charge in [-0.05, 0) is 19.8 Å². The van der Waals surface area contributed by atoms with E-state index in [2.05, 4.69) is 0 Å². The van der Waals surface area contributed by atoms with Crippen LogP contribution in [0.15, 0.2) is 0 Å². The van der Waals surface area contributed by atoms with Crippen molar-refractivity contribution < 1.29 is 18.3 Å². The van der Waals surface area contributed by atoms with E-state index < -0.39 is 18.8 Å². The highest BCUT2D eigenvalue weighted by Gasteiger charge is 2.32. The van der Waals surface area contributed by atoms with E-state index in [1.165, 1.54) is 4.90 Å². The summed E-state index contributed by atoms with van der Waals surface area (Å²) in [5.74, 6) is -0.0283. The lowest BCUT2D eigenvalue weighted by molar-refractivity contribution is -0.153. The van der Waals surface area contributed by atoms with Crippen molar-refractivity contribution in [2.45, 2.75) is 46.0 Å². The lowest BCUT2D eigenvalue weighted by atomic mass is 10.1. The molecule has 0 radical (unpaired) electrons. The first-order chi connectivity index (χ1) is 6.63. The molecule has 0 aliphatic rings. The Morgan fingerprint density at radius 1 is 1.13 bits per heavy atom. The van der Waals surface area contributed by atoms with Gasteiger partial charge in [-0.2, -0.15) is 13.2 Å². The molecule has 0 aliphatic heterocycles. The molecule has 0 heterocycles. The van der Waals surface area contributed by atoms with Crippen molar-refractivity contribution in [1.82, 2.24) is 4.90 Å². The molecule has 2 nitrogen and oxygen atoms in total. The van der Waals surface area contributed by atoms with Crippen molar-refractivity contribution in [3.05, 3.63) is 0 Å². The van der Waals surface area contributed by atoms with Gasteiger partial charge in [0.1, 0.15) is 0 Å². The number of aliphatic hydroxyl groups is 1. The fourth-order valence-corrected chi connectivity index (χ4v) is 1.14. The van der Waals surface area contributed by atoms with Gasteiger partial charge in [-0.15, -0.1) is 0 Å². The number of alkyl halides is 3. The van der Waals surface area contributed by atoms with Crippen molar-refractivity contribution in [1.29, 1.82) is 0 Å². The second kappa shape index (κ2) is 5.70. The summed E-state index contributed by atoms with van der Waals surface area (Å²) < 4.78 is 36.6. The molecule has 0 aromatic rings. The maximum absolute atomic E-state index is 12.2. The van der Waals surface area contributed by atoms with Gasteiger partial charge >= 0.3 is 6.18 Å². The molecule has 0 bridgehead atoms. The van der Waals surface area contributed by atoms with Gasteiger partial charge in [0.05, 0.1) is 12.6 Å². The summed E-state index contributed by atoms with van der Waals surface area (Å²) in [6, 6.07) is -0.222. The molecule has 0 aromatic heterocycles. The van der Waals surface area contributed by atoms with Crippen LogP contribution in [0, 0.1) is 5.92 Å². The van der Waals surface area contributed by atoms with E-state index in [4.69, 9.17) is 0 Å². The summed E-state index contributed by atoms with van der Waals surface area (Å²) in [4.78, 5) is 1.24. The van der Waals surface area contributed by atoms with Gasteiger partial charge in [-0.25, -0.2) is 0 Å². The molecule has 1 unspecified atom stereocenters. The van der Waals surface area contributed by atoms with Gasteiger partial charge in [0.15, 0.2) is 0 Å². The van der Waals surface area contributed by atoms with Crippen LogP contribution in [0.1, 0.15) is 27.7 Å². The molecule has 1 atom stereocenters. The third-order valence-corrected chi connectivity index (χ3v) is 2.30. The fraction of sp³-hybridized carbons (Fsp3) is 1.00. The van der Waals surface area contributed by atoms with Gasteiger partial charge in [0.2, 0.25) is 0 Å². The van der Waals surface area contributed by atoms with Crippen LogP contribution in [-0.2, 0) is 0 Å². The van der Waals surface area contributed by atoms with Gasteiger partial charge in [0.25, 0.3) is 0 Å². The first-order valence-corrected chi connectivity index (χ1v) is 5.12. The molecular weight excluding hydrogens is 207 g/mol. The number of rotatable bonds is 5. The van der Waals surface area contributed by atoms with Crippen LogP contribution in [0.4, 0.5) is 13.2 Å². The number of hydrogen-bond donors (Lipinski definition) is 1. The van der Waals surface area contributed by atoms with E-state index in [0.717, 1.165) is 0 Å². The van der Waals surface area contributed by atoms with E-state index in [-0.39, 0.29) is 18.5 Å². The molecule has 0 saturated heterocycles. The molecule has 0 fully saturated rings. The zero-order chi connectivity index (χ0) is 12.2. The fourth-order valence-electron chi connectivity index (χ4n) is 1.14. The van der Waals surface area contributed by atoms with Crippen molar-refractivity contribution in [3.63, 3.8) is 0 Å². The monoisotopic (exact) mass is 227 g/mol. The molecule has 0 aliphatic carbocycles. The number of aliphatic hydroxyl groups excluding tert-OH is 1. The Morgan fingerprint density at radius 3 is 1.87 bits per heavy atom. The molecule has 5 heteroatoms. The Kier molecular flexibility index (Phi) is 5.59. The molecular formula is C10H20F3NO. The maximum atomic E-state index is 12.2. The van der Waals surface area contributed by atoms with Crippen LogP contribution in [0.2, 0.25) is 0 Å². The summed E-state index contributed by atoms with van der Waals surface area (Å²) >= 11 is 0. The molecule has 15 heavy (non-hydrogen) atoms. The van der Waals surface area contributed by atoms with Crippen LogP contribution in [0.3, 0.4) is 0 Å². The van der Waals surface area contributed by atoms with Crippen LogP contribution in [0.25, 0.3) is 0 Å². The zero-order valence-corrected chi connectivity index (χ0v) is 9.67. The predicted molar refractivity (Wildman–Crippen MR) is 53.6 cm³/mol. The Bertz CT molecular complexity index is 180. The minimum Gasteiger partial charge on any atom is -0.392 e. The number of nitrogens with zero attached hydrogens (tertiary/aromatic N) is 1. The van der Waals surface area contributed by atoms with Gasteiger partial charge in [-0.3, -0.25) is 4.90 Å². The lowest BCUT2D eigenvalue weighted by Gasteiger charge is -2.30. The average molecular weight is 227 g/mol. The topological polar surface area (TPSA) is 23.5 Å². The summed E-state index contributed by atoms with van der Waals surface area (Å²) in [6.07, 6.45) is -4.92. The number of halogens is 3. The molecule has 0 saturated carbocycles. The minimum atomic E-state index is -4.21.